The molecule has 1 saturated heterocycles. The number of benzene rings is 3. The normalized spacial score (nSPS) is 16.4. The van der Waals surface area contributed by atoms with Crippen LogP contribution in [-0.4, -0.2) is 22.0 Å². The van der Waals surface area contributed by atoms with Gasteiger partial charge in [0.05, 0.1) is 17.6 Å². The van der Waals surface area contributed by atoms with Crippen LogP contribution in [0, 0.1) is 5.82 Å². The van der Waals surface area contributed by atoms with E-state index in [-0.39, 0.29) is 17.6 Å². The molecule has 0 radical (unpaired) electrons. The van der Waals surface area contributed by atoms with Crippen molar-refractivity contribution in [2.75, 3.05) is 11.4 Å². The minimum absolute atomic E-state index is 0.0428. The van der Waals surface area contributed by atoms with Gasteiger partial charge in [0.15, 0.2) is 0 Å². The summed E-state index contributed by atoms with van der Waals surface area (Å²) >= 11 is 12.5. The average Bonchev–Trinajstić information content (AvgIpc) is 3.31. The van der Waals surface area contributed by atoms with Gasteiger partial charge in [-0.2, -0.15) is 0 Å². The molecule has 7 heteroatoms. The van der Waals surface area contributed by atoms with Crippen LogP contribution in [0.25, 0.3) is 11.0 Å². The first-order valence-electron chi connectivity index (χ1n) is 9.94. The van der Waals surface area contributed by atoms with Gasteiger partial charge >= 0.3 is 0 Å². The van der Waals surface area contributed by atoms with Gasteiger partial charge in [-0.1, -0.05) is 47.5 Å². The largest absolute Gasteiger partial charge is 0.323 e. The third-order valence-electron chi connectivity index (χ3n) is 5.64. The first-order chi connectivity index (χ1) is 15.0. The molecular weight excluding hydrogens is 436 g/mol. The van der Waals surface area contributed by atoms with E-state index in [1.165, 1.54) is 12.1 Å². The van der Waals surface area contributed by atoms with Crippen LogP contribution in [-0.2, 0) is 11.3 Å². The topological polar surface area (TPSA) is 38.1 Å². The molecular formula is C24H18Cl2FN3O. The summed E-state index contributed by atoms with van der Waals surface area (Å²) in [5, 5.41) is 1.16. The molecule has 5 rings (SSSR count). The fourth-order valence-electron chi connectivity index (χ4n) is 4.17. The number of amides is 1. The van der Waals surface area contributed by atoms with Gasteiger partial charge in [0, 0.05) is 34.6 Å². The number of para-hydroxylation sites is 2. The summed E-state index contributed by atoms with van der Waals surface area (Å²) in [6, 6.07) is 19.4. The quantitative estimate of drug-likeness (QED) is 0.377. The van der Waals surface area contributed by atoms with Crippen molar-refractivity contribution in [1.82, 2.24) is 9.55 Å². The number of hydrogen-bond acceptors (Lipinski definition) is 2. The maximum absolute atomic E-state index is 13.7. The van der Waals surface area contributed by atoms with Gasteiger partial charge in [0.25, 0.3) is 0 Å². The van der Waals surface area contributed by atoms with Crippen molar-refractivity contribution >= 4 is 45.8 Å². The van der Waals surface area contributed by atoms with E-state index in [9.17, 15) is 9.18 Å². The number of carbonyl (C=O) groups is 1. The number of hydrogen-bond donors (Lipinski definition) is 0. The summed E-state index contributed by atoms with van der Waals surface area (Å²) in [4.78, 5) is 19.3. The van der Waals surface area contributed by atoms with Gasteiger partial charge in [-0.15, -0.1) is 0 Å². The van der Waals surface area contributed by atoms with Crippen molar-refractivity contribution in [1.29, 1.82) is 0 Å². The minimum atomic E-state index is -0.363. The smallest absolute Gasteiger partial charge is 0.227 e. The number of carbonyl (C=O) groups excluding carboxylic acids is 1. The molecule has 0 aliphatic carbocycles. The molecule has 0 spiro atoms. The Labute approximate surface area is 188 Å². The third kappa shape index (κ3) is 3.80. The summed E-state index contributed by atoms with van der Waals surface area (Å²) in [6.07, 6.45) is 0.314. The molecule has 1 fully saturated rings. The second-order valence-electron chi connectivity index (χ2n) is 7.67. The predicted octanol–water partition coefficient (Wildman–Crippen LogP) is 6.05. The zero-order chi connectivity index (χ0) is 21.5. The number of halogens is 3. The first-order valence-corrected chi connectivity index (χ1v) is 10.7. The van der Waals surface area contributed by atoms with Gasteiger partial charge in [-0.3, -0.25) is 4.79 Å². The van der Waals surface area contributed by atoms with E-state index in [4.69, 9.17) is 28.2 Å². The van der Waals surface area contributed by atoms with Crippen molar-refractivity contribution in [3.63, 3.8) is 0 Å². The maximum Gasteiger partial charge on any atom is 0.227 e. The SMILES string of the molecule is O=C1CC(c2nc3ccccc3n2Cc2ccc(Cl)cc2Cl)CN1c1cccc(F)c1. The molecule has 0 N–H and O–H groups in total. The number of imidazole rings is 1. The van der Waals surface area contributed by atoms with Gasteiger partial charge in [0.2, 0.25) is 5.91 Å². The van der Waals surface area contributed by atoms with Crippen LogP contribution in [0.15, 0.2) is 66.7 Å². The van der Waals surface area contributed by atoms with E-state index < -0.39 is 0 Å². The van der Waals surface area contributed by atoms with Crippen molar-refractivity contribution in [2.45, 2.75) is 18.9 Å². The minimum Gasteiger partial charge on any atom is -0.323 e. The number of aromatic nitrogens is 2. The lowest BCUT2D eigenvalue weighted by Crippen LogP contribution is -2.24. The van der Waals surface area contributed by atoms with Crippen molar-refractivity contribution in [2.24, 2.45) is 0 Å². The van der Waals surface area contributed by atoms with Crippen LogP contribution < -0.4 is 4.90 Å². The molecule has 0 saturated carbocycles. The molecule has 4 nitrogen and oxygen atoms in total. The summed E-state index contributed by atoms with van der Waals surface area (Å²) in [5.41, 5.74) is 3.32. The Kier molecular flexibility index (Phi) is 5.16. The van der Waals surface area contributed by atoms with Gasteiger partial charge in [0.1, 0.15) is 11.6 Å². The summed E-state index contributed by atoms with van der Waals surface area (Å²) in [5.74, 6) is 0.297. The van der Waals surface area contributed by atoms with E-state index in [0.29, 0.717) is 35.2 Å². The highest BCUT2D eigenvalue weighted by atomic mass is 35.5. The Morgan fingerprint density at radius 3 is 2.68 bits per heavy atom. The van der Waals surface area contributed by atoms with Crippen molar-refractivity contribution in [3.05, 3.63) is 94.0 Å². The Morgan fingerprint density at radius 2 is 1.87 bits per heavy atom. The monoisotopic (exact) mass is 453 g/mol. The standard InChI is InChI=1S/C24H18Cl2FN3O/c25-17-9-8-15(20(26)11-17)13-30-22-7-2-1-6-21(22)28-24(30)16-10-23(31)29(14-16)19-5-3-4-18(27)12-19/h1-9,11-12,16H,10,13-14H2. The highest BCUT2D eigenvalue weighted by Gasteiger charge is 2.35. The fourth-order valence-corrected chi connectivity index (χ4v) is 4.63. The molecule has 3 aromatic carbocycles. The van der Waals surface area contributed by atoms with Crippen LogP contribution in [0.5, 0.6) is 0 Å². The molecule has 1 amide bonds. The average molecular weight is 454 g/mol. The van der Waals surface area contributed by atoms with Crippen molar-refractivity contribution in [3.8, 4) is 0 Å². The molecule has 2 heterocycles. The lowest BCUT2D eigenvalue weighted by atomic mass is 10.1. The molecule has 1 aliphatic rings. The molecule has 1 aliphatic heterocycles. The summed E-state index contributed by atoms with van der Waals surface area (Å²) in [7, 11) is 0. The van der Waals surface area contributed by atoms with Gasteiger partial charge in [-0.25, -0.2) is 9.37 Å². The second-order valence-corrected chi connectivity index (χ2v) is 8.51. The van der Waals surface area contributed by atoms with Crippen LogP contribution in [0.3, 0.4) is 0 Å². The molecule has 4 aromatic rings. The van der Waals surface area contributed by atoms with Gasteiger partial charge in [-0.05, 0) is 48.0 Å². The predicted molar refractivity (Wildman–Crippen MR) is 121 cm³/mol. The summed E-state index contributed by atoms with van der Waals surface area (Å²) < 4.78 is 15.8. The molecule has 1 aromatic heterocycles. The molecule has 31 heavy (non-hydrogen) atoms. The Morgan fingerprint density at radius 1 is 1.03 bits per heavy atom. The summed E-state index contributed by atoms with van der Waals surface area (Å²) in [6.45, 7) is 0.955. The van der Waals surface area contributed by atoms with Crippen molar-refractivity contribution < 1.29 is 9.18 Å². The number of fused-ring (bicyclic) bond motifs is 1. The molecule has 0 bridgehead atoms. The van der Waals surface area contributed by atoms with E-state index in [1.807, 2.05) is 36.4 Å². The Hall–Kier alpha value is -2.89. The highest BCUT2D eigenvalue weighted by molar-refractivity contribution is 6.35. The molecule has 1 unspecified atom stereocenters. The maximum atomic E-state index is 13.7. The van der Waals surface area contributed by atoms with Crippen LogP contribution >= 0.6 is 23.2 Å². The number of rotatable bonds is 4. The van der Waals surface area contributed by atoms with Gasteiger partial charge < -0.3 is 9.47 Å². The fraction of sp³-hybridized carbons (Fsp3) is 0.167. The van der Waals surface area contributed by atoms with Crippen LogP contribution in [0.2, 0.25) is 10.0 Å². The Balaban J connectivity index is 1.54. The van der Waals surface area contributed by atoms with E-state index in [2.05, 4.69) is 4.57 Å². The van der Waals surface area contributed by atoms with E-state index in [0.717, 1.165) is 22.4 Å². The van der Waals surface area contributed by atoms with E-state index >= 15 is 0 Å². The Bertz CT molecular complexity index is 1300. The molecule has 1 atom stereocenters. The zero-order valence-corrected chi connectivity index (χ0v) is 17.9. The zero-order valence-electron chi connectivity index (χ0n) is 16.4. The van der Waals surface area contributed by atoms with Crippen LogP contribution in [0.1, 0.15) is 23.7 Å². The second kappa shape index (κ2) is 7.98. The number of anilines is 1. The highest BCUT2D eigenvalue weighted by Crippen LogP contribution is 2.34. The van der Waals surface area contributed by atoms with Crippen LogP contribution in [0.4, 0.5) is 10.1 Å². The third-order valence-corrected chi connectivity index (χ3v) is 6.22. The lowest BCUT2D eigenvalue weighted by molar-refractivity contribution is -0.117. The lowest BCUT2D eigenvalue weighted by Gasteiger charge is -2.18. The van der Waals surface area contributed by atoms with E-state index in [1.54, 1.807) is 23.1 Å². The molecule has 156 valence electrons. The number of nitrogens with zero attached hydrogens (tertiary/aromatic N) is 3. The first kappa shape index (κ1) is 20.0.